The van der Waals surface area contributed by atoms with Crippen LogP contribution in [-0.2, 0) is 10.2 Å². The lowest BCUT2D eigenvalue weighted by molar-refractivity contribution is -0.115. The smallest absolute Gasteiger partial charge is 0.237 e. The maximum absolute atomic E-state index is 12.9. The molecule has 1 heterocycles. The molecule has 0 spiro atoms. The molecule has 0 radical (unpaired) electrons. The number of nitrogens with zero attached hydrogens (tertiary/aromatic N) is 3. The van der Waals surface area contributed by atoms with Crippen molar-refractivity contribution in [1.29, 1.82) is 0 Å². The van der Waals surface area contributed by atoms with E-state index in [2.05, 4.69) is 65.1 Å². The minimum Gasteiger partial charge on any atom is -0.325 e. The van der Waals surface area contributed by atoms with Gasteiger partial charge in [-0.25, -0.2) is 0 Å². The molecule has 0 bridgehead atoms. The fourth-order valence-corrected chi connectivity index (χ4v) is 5.26. The zero-order valence-corrected chi connectivity index (χ0v) is 21.1. The molecule has 1 aromatic heterocycles. The number of hydrogen-bond acceptors (Lipinski definition) is 4. The van der Waals surface area contributed by atoms with Gasteiger partial charge in [-0.05, 0) is 55.4 Å². The van der Waals surface area contributed by atoms with Crippen molar-refractivity contribution in [1.82, 2.24) is 14.8 Å². The number of hydrogen-bond donors (Lipinski definition) is 1. The molecule has 1 aliphatic carbocycles. The van der Waals surface area contributed by atoms with Crippen LogP contribution in [0.4, 0.5) is 5.69 Å². The third-order valence-corrected chi connectivity index (χ3v) is 7.36. The Morgan fingerprint density at radius 1 is 1.09 bits per heavy atom. The molecule has 1 fully saturated rings. The molecular weight excluding hydrogens is 428 g/mol. The summed E-state index contributed by atoms with van der Waals surface area (Å²) in [5.74, 6) is 0.874. The summed E-state index contributed by atoms with van der Waals surface area (Å²) in [5.41, 5.74) is 4.43. The Morgan fingerprint density at radius 2 is 1.79 bits per heavy atom. The summed E-state index contributed by atoms with van der Waals surface area (Å²) in [6.45, 7) is 10.6. The second kappa shape index (κ2) is 9.72. The van der Waals surface area contributed by atoms with Gasteiger partial charge in [-0.1, -0.05) is 81.8 Å². The average molecular weight is 463 g/mol. The maximum atomic E-state index is 12.9. The van der Waals surface area contributed by atoms with E-state index in [1.807, 2.05) is 38.1 Å². The molecule has 2 aromatic carbocycles. The molecule has 1 N–H and O–H groups in total. The molecule has 1 unspecified atom stereocenters. The third kappa shape index (κ3) is 5.49. The van der Waals surface area contributed by atoms with Crippen LogP contribution in [0.3, 0.4) is 0 Å². The first-order valence-corrected chi connectivity index (χ1v) is 12.7. The van der Waals surface area contributed by atoms with Crippen LogP contribution in [0.15, 0.2) is 53.7 Å². The van der Waals surface area contributed by atoms with Crippen LogP contribution in [0.1, 0.15) is 70.5 Å². The Labute approximate surface area is 201 Å². The fraction of sp³-hybridized carbons (Fsp3) is 0.444. The quantitative estimate of drug-likeness (QED) is 0.410. The molecule has 5 nitrogen and oxygen atoms in total. The number of aryl methyl sites for hydroxylation is 1. The van der Waals surface area contributed by atoms with Gasteiger partial charge in [0.2, 0.25) is 5.91 Å². The van der Waals surface area contributed by atoms with Gasteiger partial charge in [-0.2, -0.15) is 0 Å². The van der Waals surface area contributed by atoms with E-state index in [-0.39, 0.29) is 16.6 Å². The first-order chi connectivity index (χ1) is 15.7. The van der Waals surface area contributed by atoms with Crippen molar-refractivity contribution in [3.05, 3.63) is 59.7 Å². The average Bonchev–Trinajstić information content (AvgIpc) is 3.43. The van der Waals surface area contributed by atoms with E-state index >= 15 is 0 Å². The minimum atomic E-state index is -0.286. The number of nitrogens with one attached hydrogen (secondary N) is 1. The Morgan fingerprint density at radius 3 is 2.42 bits per heavy atom. The van der Waals surface area contributed by atoms with Crippen molar-refractivity contribution in [3.8, 4) is 11.4 Å². The number of anilines is 1. The third-order valence-electron chi connectivity index (χ3n) is 6.30. The Kier molecular flexibility index (Phi) is 6.94. The number of thioether (sulfide) groups is 1. The molecule has 1 saturated carbocycles. The van der Waals surface area contributed by atoms with Crippen LogP contribution in [0.2, 0.25) is 0 Å². The molecule has 174 valence electrons. The van der Waals surface area contributed by atoms with E-state index in [4.69, 9.17) is 0 Å². The summed E-state index contributed by atoms with van der Waals surface area (Å²) < 4.78 is 2.28. The highest BCUT2D eigenvalue weighted by atomic mass is 32.2. The molecule has 3 aromatic rings. The van der Waals surface area contributed by atoms with Crippen molar-refractivity contribution in [2.75, 3.05) is 5.32 Å². The largest absolute Gasteiger partial charge is 0.325 e. The van der Waals surface area contributed by atoms with Crippen LogP contribution >= 0.6 is 11.8 Å². The normalized spacial score (nSPS) is 15.5. The SMILES string of the molecule is Cc1cccc(NC(=O)C(C)Sc2nnc(-c3ccc(C(C)(C)C)cc3)n2C2CCCC2)c1. The van der Waals surface area contributed by atoms with E-state index in [0.717, 1.165) is 40.6 Å². The number of amides is 1. The molecule has 1 atom stereocenters. The zero-order valence-electron chi connectivity index (χ0n) is 20.3. The maximum Gasteiger partial charge on any atom is 0.237 e. The predicted molar refractivity (Wildman–Crippen MR) is 137 cm³/mol. The summed E-state index contributed by atoms with van der Waals surface area (Å²) in [6.07, 6.45) is 4.70. The summed E-state index contributed by atoms with van der Waals surface area (Å²) in [7, 11) is 0. The molecule has 0 aliphatic heterocycles. The summed E-state index contributed by atoms with van der Waals surface area (Å²) in [6, 6.07) is 16.9. The zero-order chi connectivity index (χ0) is 23.6. The van der Waals surface area contributed by atoms with Crippen molar-refractivity contribution < 1.29 is 4.79 Å². The van der Waals surface area contributed by atoms with E-state index in [9.17, 15) is 4.79 Å². The van der Waals surface area contributed by atoms with E-state index in [1.165, 1.54) is 30.2 Å². The van der Waals surface area contributed by atoms with Crippen molar-refractivity contribution in [2.24, 2.45) is 0 Å². The minimum absolute atomic E-state index is 0.0253. The van der Waals surface area contributed by atoms with Crippen LogP contribution < -0.4 is 5.32 Å². The van der Waals surface area contributed by atoms with Gasteiger partial charge < -0.3 is 5.32 Å². The Balaban J connectivity index is 1.58. The molecule has 1 aliphatic rings. The molecule has 4 rings (SSSR count). The lowest BCUT2D eigenvalue weighted by Crippen LogP contribution is -2.23. The van der Waals surface area contributed by atoms with Crippen LogP contribution in [-0.4, -0.2) is 25.9 Å². The molecule has 0 saturated heterocycles. The number of carbonyl (C=O) groups is 1. The summed E-state index contributed by atoms with van der Waals surface area (Å²) in [4.78, 5) is 12.9. The highest BCUT2D eigenvalue weighted by Crippen LogP contribution is 2.38. The van der Waals surface area contributed by atoms with Crippen molar-refractivity contribution >= 4 is 23.4 Å². The van der Waals surface area contributed by atoms with E-state index in [0.29, 0.717) is 6.04 Å². The summed E-state index contributed by atoms with van der Waals surface area (Å²) in [5, 5.41) is 12.7. The second-order valence-corrected chi connectivity index (χ2v) is 11.4. The van der Waals surface area contributed by atoms with Gasteiger partial charge in [-0.3, -0.25) is 9.36 Å². The number of rotatable bonds is 6. The topological polar surface area (TPSA) is 59.8 Å². The van der Waals surface area contributed by atoms with Gasteiger partial charge in [0, 0.05) is 17.3 Å². The molecule has 6 heteroatoms. The Hall–Kier alpha value is -2.60. The molecule has 1 amide bonds. The predicted octanol–water partition coefficient (Wildman–Crippen LogP) is 6.79. The number of aromatic nitrogens is 3. The van der Waals surface area contributed by atoms with Crippen molar-refractivity contribution in [3.63, 3.8) is 0 Å². The monoisotopic (exact) mass is 462 g/mol. The van der Waals surface area contributed by atoms with Crippen molar-refractivity contribution in [2.45, 2.75) is 82.2 Å². The van der Waals surface area contributed by atoms with Crippen LogP contribution in [0.5, 0.6) is 0 Å². The fourth-order valence-electron chi connectivity index (χ4n) is 4.34. The number of carbonyl (C=O) groups excluding carboxylic acids is 1. The van der Waals surface area contributed by atoms with Gasteiger partial charge in [0.1, 0.15) is 0 Å². The highest BCUT2D eigenvalue weighted by Gasteiger charge is 2.27. The van der Waals surface area contributed by atoms with Crippen LogP contribution in [0, 0.1) is 6.92 Å². The molecular formula is C27H34N4OS. The highest BCUT2D eigenvalue weighted by molar-refractivity contribution is 8.00. The van der Waals surface area contributed by atoms with E-state index in [1.54, 1.807) is 0 Å². The standard InChI is InChI=1S/C27H34N4OS/c1-18-9-8-10-22(17-18)28-25(32)19(2)33-26-30-29-24(31(26)23-11-6-7-12-23)20-13-15-21(16-14-20)27(3,4)5/h8-10,13-17,19,23H,6-7,11-12H2,1-5H3,(H,28,32). The second-order valence-electron chi connectivity index (χ2n) is 10.1. The van der Waals surface area contributed by atoms with Crippen LogP contribution in [0.25, 0.3) is 11.4 Å². The first-order valence-electron chi connectivity index (χ1n) is 11.8. The lowest BCUT2D eigenvalue weighted by Gasteiger charge is -2.20. The van der Waals surface area contributed by atoms with Gasteiger partial charge in [0.15, 0.2) is 11.0 Å². The first kappa shape index (κ1) is 23.6. The van der Waals surface area contributed by atoms with Gasteiger partial charge in [0.25, 0.3) is 0 Å². The lowest BCUT2D eigenvalue weighted by atomic mass is 9.86. The number of benzene rings is 2. The van der Waals surface area contributed by atoms with Gasteiger partial charge in [-0.15, -0.1) is 10.2 Å². The van der Waals surface area contributed by atoms with Gasteiger partial charge >= 0.3 is 0 Å². The Bertz CT molecular complexity index is 1110. The molecule has 33 heavy (non-hydrogen) atoms. The summed E-state index contributed by atoms with van der Waals surface area (Å²) >= 11 is 1.49. The van der Waals surface area contributed by atoms with E-state index < -0.39 is 0 Å². The van der Waals surface area contributed by atoms with Gasteiger partial charge in [0.05, 0.1) is 5.25 Å².